The Morgan fingerprint density at radius 1 is 1.30 bits per heavy atom. The Kier molecular flexibility index (Phi) is 7.31. The summed E-state index contributed by atoms with van der Waals surface area (Å²) in [5, 5.41) is 3.47. The maximum atomic E-state index is 5.50. The summed E-state index contributed by atoms with van der Waals surface area (Å²) >= 11 is 0. The summed E-state index contributed by atoms with van der Waals surface area (Å²) in [5.74, 6) is 1.68. The van der Waals surface area contributed by atoms with Gasteiger partial charge in [-0.25, -0.2) is 4.98 Å². The molecule has 0 radical (unpaired) electrons. The molecular formula is C19H29IN6O. The molecule has 4 rings (SSSR count). The van der Waals surface area contributed by atoms with Crippen LogP contribution in [0.4, 0.5) is 0 Å². The molecule has 0 amide bonds. The number of imidazole rings is 1. The van der Waals surface area contributed by atoms with Gasteiger partial charge in [0.25, 0.3) is 0 Å². The summed E-state index contributed by atoms with van der Waals surface area (Å²) in [7, 11) is 1.86. The van der Waals surface area contributed by atoms with Gasteiger partial charge in [0.2, 0.25) is 0 Å². The van der Waals surface area contributed by atoms with Crippen LogP contribution in [0.3, 0.4) is 0 Å². The number of nitrogens with zero attached hydrogens (tertiary/aromatic N) is 5. The van der Waals surface area contributed by atoms with E-state index in [1.54, 1.807) is 0 Å². The van der Waals surface area contributed by atoms with Crippen LogP contribution < -0.4 is 5.32 Å². The number of pyridine rings is 1. The van der Waals surface area contributed by atoms with Crippen molar-refractivity contribution in [3.05, 3.63) is 36.3 Å². The monoisotopic (exact) mass is 484 g/mol. The van der Waals surface area contributed by atoms with E-state index >= 15 is 0 Å². The van der Waals surface area contributed by atoms with Crippen molar-refractivity contribution in [2.75, 3.05) is 53.0 Å². The van der Waals surface area contributed by atoms with Crippen molar-refractivity contribution in [3.63, 3.8) is 0 Å². The summed E-state index contributed by atoms with van der Waals surface area (Å²) in [6.07, 6.45) is 5.30. The van der Waals surface area contributed by atoms with Gasteiger partial charge in [-0.2, -0.15) is 0 Å². The molecule has 148 valence electrons. The van der Waals surface area contributed by atoms with Crippen molar-refractivity contribution in [3.8, 4) is 0 Å². The molecule has 0 spiro atoms. The van der Waals surface area contributed by atoms with Gasteiger partial charge in [-0.3, -0.25) is 9.89 Å². The number of hydrogen-bond acceptors (Lipinski definition) is 4. The zero-order valence-electron chi connectivity index (χ0n) is 15.9. The van der Waals surface area contributed by atoms with Crippen LogP contribution in [0.2, 0.25) is 0 Å². The van der Waals surface area contributed by atoms with Crippen LogP contribution in [-0.2, 0) is 11.3 Å². The van der Waals surface area contributed by atoms with Crippen LogP contribution in [0, 0.1) is 5.92 Å². The Balaban J connectivity index is 0.00000210. The van der Waals surface area contributed by atoms with Gasteiger partial charge in [-0.1, -0.05) is 6.07 Å². The molecule has 0 aliphatic carbocycles. The molecule has 2 aromatic heterocycles. The average Bonchev–Trinajstić information content (AvgIpc) is 3.32. The molecule has 1 N–H and O–H groups in total. The predicted molar refractivity (Wildman–Crippen MR) is 118 cm³/mol. The molecule has 0 saturated carbocycles. The zero-order valence-corrected chi connectivity index (χ0v) is 18.2. The number of piperazine rings is 1. The number of halogens is 1. The van der Waals surface area contributed by atoms with Crippen LogP contribution in [0.5, 0.6) is 0 Å². The van der Waals surface area contributed by atoms with Crippen LogP contribution in [0.25, 0.3) is 5.65 Å². The summed E-state index contributed by atoms with van der Waals surface area (Å²) in [6, 6.07) is 6.05. The normalized spacial score (nSPS) is 21.4. The van der Waals surface area contributed by atoms with E-state index < -0.39 is 0 Å². The van der Waals surface area contributed by atoms with Gasteiger partial charge in [-0.15, -0.1) is 24.0 Å². The molecule has 2 saturated heterocycles. The first-order chi connectivity index (χ1) is 12.8. The molecule has 27 heavy (non-hydrogen) atoms. The predicted octanol–water partition coefficient (Wildman–Crippen LogP) is 1.68. The smallest absolute Gasteiger partial charge is 0.194 e. The Morgan fingerprint density at radius 2 is 2.15 bits per heavy atom. The number of nitrogens with one attached hydrogen (secondary N) is 1. The van der Waals surface area contributed by atoms with Crippen LogP contribution in [-0.4, -0.2) is 78.1 Å². The highest BCUT2D eigenvalue weighted by molar-refractivity contribution is 14.0. The Morgan fingerprint density at radius 3 is 2.85 bits per heavy atom. The highest BCUT2D eigenvalue weighted by atomic mass is 127. The molecule has 0 bridgehead atoms. The van der Waals surface area contributed by atoms with Gasteiger partial charge in [0.15, 0.2) is 5.96 Å². The first kappa shape index (κ1) is 20.3. The first-order valence-electron chi connectivity index (χ1n) is 9.50. The maximum absolute atomic E-state index is 5.50. The third-order valence-corrected chi connectivity index (χ3v) is 5.27. The van der Waals surface area contributed by atoms with Gasteiger partial charge in [-0.05, 0) is 24.5 Å². The second-order valence-electron chi connectivity index (χ2n) is 7.12. The molecule has 4 heterocycles. The number of aliphatic imine (C=N–C) groups is 1. The lowest BCUT2D eigenvalue weighted by atomic mass is 10.1. The van der Waals surface area contributed by atoms with Crippen molar-refractivity contribution < 1.29 is 4.74 Å². The number of rotatable bonds is 4. The highest BCUT2D eigenvalue weighted by Crippen LogP contribution is 2.15. The molecule has 1 unspecified atom stereocenters. The minimum Gasteiger partial charge on any atom is -0.381 e. The van der Waals surface area contributed by atoms with Crippen molar-refractivity contribution in [2.45, 2.75) is 13.0 Å². The lowest BCUT2D eigenvalue weighted by Crippen LogP contribution is -2.53. The van der Waals surface area contributed by atoms with Crippen molar-refractivity contribution in [2.24, 2.45) is 10.9 Å². The Hall–Kier alpha value is -1.39. The number of hydrogen-bond donors (Lipinski definition) is 1. The molecule has 2 aliphatic heterocycles. The molecule has 8 heteroatoms. The molecule has 1 atom stereocenters. The molecule has 7 nitrogen and oxygen atoms in total. The topological polar surface area (TPSA) is 57.4 Å². The zero-order chi connectivity index (χ0) is 17.8. The van der Waals surface area contributed by atoms with Gasteiger partial charge < -0.3 is 19.4 Å². The van der Waals surface area contributed by atoms with E-state index in [0.29, 0.717) is 12.5 Å². The fourth-order valence-electron chi connectivity index (χ4n) is 3.81. The lowest BCUT2D eigenvalue weighted by Gasteiger charge is -2.37. The van der Waals surface area contributed by atoms with Crippen molar-refractivity contribution in [1.29, 1.82) is 0 Å². The third kappa shape index (κ3) is 5.11. The maximum Gasteiger partial charge on any atom is 0.194 e. The average molecular weight is 484 g/mol. The minimum atomic E-state index is 0. The summed E-state index contributed by atoms with van der Waals surface area (Å²) in [6.45, 7) is 7.93. The fraction of sp³-hybridized carbons (Fsp3) is 0.579. The van der Waals surface area contributed by atoms with Gasteiger partial charge in [0.1, 0.15) is 5.65 Å². The highest BCUT2D eigenvalue weighted by Gasteiger charge is 2.24. The van der Waals surface area contributed by atoms with E-state index in [2.05, 4.69) is 31.3 Å². The quantitative estimate of drug-likeness (QED) is 0.407. The van der Waals surface area contributed by atoms with Gasteiger partial charge in [0.05, 0.1) is 18.8 Å². The number of ether oxygens (including phenoxy) is 1. The third-order valence-electron chi connectivity index (χ3n) is 5.27. The van der Waals surface area contributed by atoms with Crippen LogP contribution >= 0.6 is 24.0 Å². The first-order valence-corrected chi connectivity index (χ1v) is 9.50. The summed E-state index contributed by atoms with van der Waals surface area (Å²) in [5.41, 5.74) is 2.00. The molecular weight excluding hydrogens is 455 g/mol. The van der Waals surface area contributed by atoms with Crippen LogP contribution in [0.1, 0.15) is 12.1 Å². The second kappa shape index (κ2) is 9.70. The largest absolute Gasteiger partial charge is 0.381 e. The standard InChI is InChI=1S/C19H28N6O.HI/c1-20-19(21-12-17-14-25-6-3-2-4-18(25)22-17)24-9-7-23(8-10-24)13-16-5-11-26-15-16;/h2-4,6,14,16H,5,7-13,15H2,1H3,(H,20,21);1H. The summed E-state index contributed by atoms with van der Waals surface area (Å²) in [4.78, 5) is 14.0. The number of fused-ring (bicyclic) bond motifs is 1. The fourth-order valence-corrected chi connectivity index (χ4v) is 3.81. The Labute approximate surface area is 177 Å². The number of aromatic nitrogens is 2. The van der Waals surface area contributed by atoms with E-state index in [4.69, 9.17) is 4.74 Å². The van der Waals surface area contributed by atoms with Crippen molar-refractivity contribution in [1.82, 2.24) is 24.5 Å². The van der Waals surface area contributed by atoms with E-state index in [1.807, 2.05) is 35.8 Å². The summed E-state index contributed by atoms with van der Waals surface area (Å²) < 4.78 is 7.54. The SMILES string of the molecule is CN=C(NCc1cn2ccccc2n1)N1CCN(CC2CCOC2)CC1.I. The second-order valence-corrected chi connectivity index (χ2v) is 7.12. The van der Waals surface area contributed by atoms with E-state index in [9.17, 15) is 0 Å². The van der Waals surface area contributed by atoms with E-state index in [0.717, 1.165) is 56.7 Å². The molecule has 0 aromatic carbocycles. The van der Waals surface area contributed by atoms with Crippen molar-refractivity contribution >= 4 is 35.6 Å². The van der Waals surface area contributed by atoms with E-state index in [-0.39, 0.29) is 24.0 Å². The van der Waals surface area contributed by atoms with E-state index in [1.165, 1.54) is 13.0 Å². The van der Waals surface area contributed by atoms with Crippen LogP contribution in [0.15, 0.2) is 35.6 Å². The minimum absolute atomic E-state index is 0. The lowest BCUT2D eigenvalue weighted by molar-refractivity contribution is 0.139. The number of guanidine groups is 1. The van der Waals surface area contributed by atoms with Gasteiger partial charge >= 0.3 is 0 Å². The molecule has 2 aromatic rings. The molecule has 2 aliphatic rings. The molecule has 2 fully saturated rings. The Bertz CT molecular complexity index is 716. The van der Waals surface area contributed by atoms with Gasteiger partial charge in [0, 0.05) is 58.8 Å².